The van der Waals surface area contributed by atoms with E-state index in [0.717, 1.165) is 10.5 Å². The average Bonchev–Trinajstić information content (AvgIpc) is 2.85. The van der Waals surface area contributed by atoms with Crippen LogP contribution in [0.3, 0.4) is 0 Å². The molecule has 0 bridgehead atoms. The van der Waals surface area contributed by atoms with Crippen molar-refractivity contribution in [2.45, 2.75) is 38.6 Å². The van der Waals surface area contributed by atoms with Crippen molar-refractivity contribution in [3.8, 4) is 0 Å². The molecule has 1 aromatic rings. The number of carbonyl (C=O) groups is 3. The molecule has 1 N–H and O–H groups in total. The minimum absolute atomic E-state index is 0.0133. The molecule has 150 valence electrons. The predicted molar refractivity (Wildman–Crippen MR) is 110 cm³/mol. The van der Waals surface area contributed by atoms with Gasteiger partial charge in [0.2, 0.25) is 5.91 Å². The lowest BCUT2D eigenvalue weighted by molar-refractivity contribution is -0.138. The van der Waals surface area contributed by atoms with Crippen LogP contribution >= 0.6 is 0 Å². The summed E-state index contributed by atoms with van der Waals surface area (Å²) in [5.41, 5.74) is 0.603. The van der Waals surface area contributed by atoms with E-state index in [4.69, 9.17) is 0 Å². The predicted octanol–water partition coefficient (Wildman–Crippen LogP) is 2.95. The Kier molecular flexibility index (Phi) is 6.12. The number of carbonyl (C=O) groups excluding carboxylic acids is 3. The first-order valence-corrected chi connectivity index (χ1v) is 9.29. The average molecular weight is 383 g/mol. The zero-order valence-electron chi connectivity index (χ0n) is 17.1. The number of urea groups is 1. The van der Waals surface area contributed by atoms with Crippen LogP contribution in [0.1, 0.15) is 38.8 Å². The zero-order valence-corrected chi connectivity index (χ0v) is 17.1. The molecule has 0 radical (unpaired) electrons. The van der Waals surface area contributed by atoms with Gasteiger partial charge in [-0.3, -0.25) is 14.5 Å². The molecule has 1 aliphatic heterocycles. The highest BCUT2D eigenvalue weighted by Gasteiger charge is 2.49. The Balaban J connectivity index is 2.23. The summed E-state index contributed by atoms with van der Waals surface area (Å²) in [4.78, 5) is 40.5. The Morgan fingerprint density at radius 2 is 1.68 bits per heavy atom. The fourth-order valence-electron chi connectivity index (χ4n) is 3.16. The van der Waals surface area contributed by atoms with Crippen LogP contribution in [0.15, 0.2) is 49.6 Å². The van der Waals surface area contributed by atoms with Crippen molar-refractivity contribution in [3.05, 3.63) is 60.7 Å². The Morgan fingerprint density at radius 1 is 1.14 bits per heavy atom. The SMILES string of the molecule is C=CCN(CC=C)C(=O)CN1C(=O)NC(C)(c2ccc(C(C)(C)C)cc2)C1=O. The standard InChI is InChI=1S/C22H29N3O3/c1-7-13-24(14-8-2)18(26)15-25-19(27)22(6,23-20(25)28)17-11-9-16(10-12-17)21(3,4)5/h7-12H,1-2,13-15H2,3-6H3,(H,23,28). The molecule has 28 heavy (non-hydrogen) atoms. The number of nitrogens with one attached hydrogen (secondary N) is 1. The van der Waals surface area contributed by atoms with Crippen LogP contribution < -0.4 is 5.32 Å². The van der Waals surface area contributed by atoms with Crippen LogP contribution in [0.4, 0.5) is 4.79 Å². The van der Waals surface area contributed by atoms with E-state index in [9.17, 15) is 14.4 Å². The van der Waals surface area contributed by atoms with E-state index in [1.807, 2.05) is 24.3 Å². The maximum atomic E-state index is 13.0. The molecule has 1 fully saturated rings. The summed E-state index contributed by atoms with van der Waals surface area (Å²) in [6.07, 6.45) is 3.18. The third-order valence-corrected chi connectivity index (χ3v) is 4.95. The van der Waals surface area contributed by atoms with E-state index in [-0.39, 0.29) is 17.9 Å². The largest absolute Gasteiger partial charge is 0.334 e. The van der Waals surface area contributed by atoms with E-state index in [0.29, 0.717) is 18.7 Å². The second-order valence-corrected chi connectivity index (χ2v) is 8.15. The molecule has 0 aromatic heterocycles. The molecule has 4 amide bonds. The lowest BCUT2D eigenvalue weighted by atomic mass is 9.84. The van der Waals surface area contributed by atoms with Gasteiger partial charge in [-0.15, -0.1) is 13.2 Å². The van der Waals surface area contributed by atoms with Gasteiger partial charge in [0.15, 0.2) is 0 Å². The second-order valence-electron chi connectivity index (χ2n) is 8.15. The molecule has 1 heterocycles. The number of imide groups is 1. The van der Waals surface area contributed by atoms with Gasteiger partial charge < -0.3 is 10.2 Å². The van der Waals surface area contributed by atoms with Gasteiger partial charge in [0.25, 0.3) is 5.91 Å². The third-order valence-electron chi connectivity index (χ3n) is 4.95. The van der Waals surface area contributed by atoms with Gasteiger partial charge in [-0.05, 0) is 23.5 Å². The molecular formula is C22H29N3O3. The number of hydrogen-bond acceptors (Lipinski definition) is 3. The van der Waals surface area contributed by atoms with Crippen LogP contribution in [-0.4, -0.2) is 47.3 Å². The molecule has 1 aromatic carbocycles. The number of rotatable bonds is 7. The molecule has 1 saturated heterocycles. The van der Waals surface area contributed by atoms with Crippen molar-refractivity contribution < 1.29 is 14.4 Å². The Labute approximate surface area is 166 Å². The molecule has 0 aliphatic carbocycles. The molecule has 6 heteroatoms. The highest BCUT2D eigenvalue weighted by molar-refractivity contribution is 6.09. The van der Waals surface area contributed by atoms with Crippen molar-refractivity contribution in [2.75, 3.05) is 19.6 Å². The monoisotopic (exact) mass is 383 g/mol. The number of benzene rings is 1. The van der Waals surface area contributed by atoms with E-state index >= 15 is 0 Å². The molecule has 1 unspecified atom stereocenters. The summed E-state index contributed by atoms with van der Waals surface area (Å²) in [6.45, 7) is 15.6. The Morgan fingerprint density at radius 3 is 2.14 bits per heavy atom. The first-order chi connectivity index (χ1) is 13.0. The molecule has 0 saturated carbocycles. The fraction of sp³-hybridized carbons (Fsp3) is 0.409. The van der Waals surface area contributed by atoms with Crippen molar-refractivity contribution in [1.82, 2.24) is 15.1 Å². The van der Waals surface area contributed by atoms with Crippen LogP contribution in [0, 0.1) is 0 Å². The normalized spacial score (nSPS) is 19.4. The highest BCUT2D eigenvalue weighted by atomic mass is 16.2. The second kappa shape index (κ2) is 8.00. The van der Waals surface area contributed by atoms with Gasteiger partial charge in [-0.1, -0.05) is 57.2 Å². The van der Waals surface area contributed by atoms with Crippen molar-refractivity contribution in [3.63, 3.8) is 0 Å². The summed E-state index contributed by atoms with van der Waals surface area (Å²) in [7, 11) is 0. The van der Waals surface area contributed by atoms with Crippen LogP contribution in [0.2, 0.25) is 0 Å². The van der Waals surface area contributed by atoms with Gasteiger partial charge in [0.05, 0.1) is 0 Å². The lowest BCUT2D eigenvalue weighted by Crippen LogP contribution is -2.44. The molecular weight excluding hydrogens is 354 g/mol. The van der Waals surface area contributed by atoms with E-state index in [1.165, 1.54) is 4.90 Å². The molecule has 0 spiro atoms. The molecule has 6 nitrogen and oxygen atoms in total. The number of hydrogen-bond donors (Lipinski definition) is 1. The van der Waals surface area contributed by atoms with Gasteiger partial charge in [-0.2, -0.15) is 0 Å². The number of amides is 4. The highest BCUT2D eigenvalue weighted by Crippen LogP contribution is 2.31. The number of nitrogens with zero attached hydrogens (tertiary/aromatic N) is 2. The summed E-state index contributed by atoms with van der Waals surface area (Å²) in [6, 6.07) is 7.06. The minimum Gasteiger partial charge on any atom is -0.334 e. The first kappa shape index (κ1) is 21.4. The van der Waals surface area contributed by atoms with E-state index in [1.54, 1.807) is 19.1 Å². The maximum absolute atomic E-state index is 13.0. The maximum Gasteiger partial charge on any atom is 0.325 e. The Bertz CT molecular complexity index is 782. The van der Waals surface area contributed by atoms with Gasteiger partial charge in [-0.25, -0.2) is 4.79 Å². The molecule has 2 rings (SSSR count). The van der Waals surface area contributed by atoms with Crippen molar-refractivity contribution in [2.24, 2.45) is 0 Å². The van der Waals surface area contributed by atoms with Gasteiger partial charge >= 0.3 is 6.03 Å². The fourth-order valence-corrected chi connectivity index (χ4v) is 3.16. The summed E-state index contributed by atoms with van der Waals surface area (Å²) in [5.74, 6) is -0.776. The van der Waals surface area contributed by atoms with Crippen LogP contribution in [0.5, 0.6) is 0 Å². The lowest BCUT2D eigenvalue weighted by Gasteiger charge is -2.25. The Hall–Kier alpha value is -2.89. The third kappa shape index (κ3) is 4.16. The minimum atomic E-state index is -1.20. The smallest absolute Gasteiger partial charge is 0.325 e. The van der Waals surface area contributed by atoms with E-state index in [2.05, 4.69) is 39.2 Å². The topological polar surface area (TPSA) is 69.7 Å². The summed E-state index contributed by atoms with van der Waals surface area (Å²) < 4.78 is 0. The van der Waals surface area contributed by atoms with Crippen molar-refractivity contribution in [1.29, 1.82) is 0 Å². The summed E-state index contributed by atoms with van der Waals surface area (Å²) >= 11 is 0. The molecule has 1 aliphatic rings. The van der Waals surface area contributed by atoms with Crippen molar-refractivity contribution >= 4 is 17.8 Å². The quantitative estimate of drug-likeness (QED) is 0.581. The van der Waals surface area contributed by atoms with E-state index < -0.39 is 17.5 Å². The molecule has 1 atom stereocenters. The van der Waals surface area contributed by atoms with Gasteiger partial charge in [0, 0.05) is 13.1 Å². The first-order valence-electron chi connectivity index (χ1n) is 9.29. The summed E-state index contributed by atoms with van der Waals surface area (Å²) in [5, 5.41) is 2.74. The van der Waals surface area contributed by atoms with Crippen LogP contribution in [0.25, 0.3) is 0 Å². The van der Waals surface area contributed by atoms with Gasteiger partial charge in [0.1, 0.15) is 12.1 Å². The van der Waals surface area contributed by atoms with Crippen LogP contribution in [-0.2, 0) is 20.5 Å². The zero-order chi connectivity index (χ0) is 21.1.